The molecule has 1 aromatic heterocycles. The number of H-pyrrole nitrogens is 1. The fourth-order valence-electron chi connectivity index (χ4n) is 1.45. The molecule has 84 valence electrons. The Bertz CT molecular complexity index is 600. The number of carbonyl (C=O) groups excluding carboxylic acids is 1. The van der Waals surface area contributed by atoms with Gasteiger partial charge in [0.25, 0.3) is 0 Å². The number of halogens is 1. The molecule has 0 bridgehead atoms. The third kappa shape index (κ3) is 1.84. The molecule has 0 spiro atoms. The predicted molar refractivity (Wildman–Crippen MR) is 67.7 cm³/mol. The largest absolute Gasteiger partial charge is 0.449 e. The minimum atomic E-state index is -0.652. The SMILES string of the molecule is CCOC(=O)n1c(=O)[nH]c2ccc(I)cc21. The summed E-state index contributed by atoms with van der Waals surface area (Å²) in [5.74, 6) is 0. The first-order valence-electron chi connectivity index (χ1n) is 4.71. The minimum Gasteiger partial charge on any atom is -0.449 e. The highest BCUT2D eigenvalue weighted by atomic mass is 127. The molecular formula is C10H9IN2O3. The van der Waals surface area contributed by atoms with Crippen LogP contribution in [-0.2, 0) is 4.74 Å². The predicted octanol–water partition coefficient (Wildman–Crippen LogP) is 1.94. The molecule has 0 unspecified atom stereocenters. The number of imidazole rings is 1. The van der Waals surface area contributed by atoms with E-state index in [-0.39, 0.29) is 6.61 Å². The summed E-state index contributed by atoms with van der Waals surface area (Å²) in [6, 6.07) is 5.37. The third-order valence-corrected chi connectivity index (χ3v) is 2.77. The molecule has 0 saturated heterocycles. The Morgan fingerprint density at radius 3 is 3.00 bits per heavy atom. The van der Waals surface area contributed by atoms with Gasteiger partial charge in [-0.1, -0.05) is 0 Å². The van der Waals surface area contributed by atoms with Crippen molar-refractivity contribution >= 4 is 39.7 Å². The fraction of sp³-hybridized carbons (Fsp3) is 0.200. The Hall–Kier alpha value is -1.31. The number of hydrogen-bond donors (Lipinski definition) is 1. The van der Waals surface area contributed by atoms with E-state index >= 15 is 0 Å². The standard InChI is InChI=1S/C10H9IN2O3/c1-2-16-10(15)13-8-5-6(11)3-4-7(8)12-9(13)14/h3-5H,2H2,1H3,(H,12,14). The third-order valence-electron chi connectivity index (χ3n) is 2.10. The summed E-state index contributed by atoms with van der Waals surface area (Å²) < 4.78 is 6.76. The molecule has 0 fully saturated rings. The smallest absolute Gasteiger partial charge is 0.422 e. The second kappa shape index (κ2) is 4.28. The molecule has 5 nitrogen and oxygen atoms in total. The number of ether oxygens (including phenoxy) is 1. The lowest BCUT2D eigenvalue weighted by Crippen LogP contribution is -2.25. The number of nitrogens with zero attached hydrogens (tertiary/aromatic N) is 1. The van der Waals surface area contributed by atoms with Gasteiger partial charge in [-0.2, -0.15) is 4.57 Å². The lowest BCUT2D eigenvalue weighted by atomic mass is 10.3. The van der Waals surface area contributed by atoms with E-state index < -0.39 is 11.8 Å². The molecule has 0 radical (unpaired) electrons. The van der Waals surface area contributed by atoms with Gasteiger partial charge in [-0.15, -0.1) is 0 Å². The molecule has 0 aliphatic rings. The van der Waals surface area contributed by atoms with Gasteiger partial charge in [-0.05, 0) is 47.7 Å². The van der Waals surface area contributed by atoms with Gasteiger partial charge < -0.3 is 9.72 Å². The Balaban J connectivity index is 2.67. The van der Waals surface area contributed by atoms with Crippen LogP contribution in [0.5, 0.6) is 0 Å². The molecule has 2 aromatic rings. The van der Waals surface area contributed by atoms with Crippen LogP contribution in [0, 0.1) is 3.57 Å². The van der Waals surface area contributed by atoms with Gasteiger partial charge in [0.05, 0.1) is 17.6 Å². The zero-order chi connectivity index (χ0) is 11.7. The van der Waals surface area contributed by atoms with Gasteiger partial charge >= 0.3 is 11.8 Å². The van der Waals surface area contributed by atoms with Crippen LogP contribution in [-0.4, -0.2) is 22.3 Å². The van der Waals surface area contributed by atoms with E-state index in [4.69, 9.17) is 4.74 Å². The summed E-state index contributed by atoms with van der Waals surface area (Å²) in [4.78, 5) is 25.7. The monoisotopic (exact) mass is 332 g/mol. The van der Waals surface area contributed by atoms with E-state index in [1.807, 2.05) is 6.07 Å². The van der Waals surface area contributed by atoms with Crippen molar-refractivity contribution in [2.75, 3.05) is 6.61 Å². The highest BCUT2D eigenvalue weighted by Crippen LogP contribution is 2.14. The number of fused-ring (bicyclic) bond motifs is 1. The second-order valence-corrected chi connectivity index (χ2v) is 4.37. The Labute approximate surface area is 105 Å². The minimum absolute atomic E-state index is 0.238. The first-order valence-corrected chi connectivity index (χ1v) is 5.78. The molecule has 6 heteroatoms. The van der Waals surface area contributed by atoms with E-state index in [9.17, 15) is 9.59 Å². The van der Waals surface area contributed by atoms with Crippen LogP contribution in [0.3, 0.4) is 0 Å². The summed E-state index contributed by atoms with van der Waals surface area (Å²) in [6.45, 7) is 1.93. The molecule has 0 aliphatic carbocycles. The number of carbonyl (C=O) groups is 1. The zero-order valence-corrected chi connectivity index (χ0v) is 10.6. The normalized spacial score (nSPS) is 10.6. The fourth-order valence-corrected chi connectivity index (χ4v) is 1.92. The van der Waals surface area contributed by atoms with Crippen molar-refractivity contribution in [1.29, 1.82) is 0 Å². The summed E-state index contributed by atoms with van der Waals surface area (Å²) >= 11 is 2.12. The van der Waals surface area contributed by atoms with E-state index in [1.165, 1.54) is 0 Å². The number of aromatic nitrogens is 2. The second-order valence-electron chi connectivity index (χ2n) is 3.13. The van der Waals surface area contributed by atoms with Gasteiger partial charge in [0.2, 0.25) is 0 Å². The molecule has 0 aliphatic heterocycles. The molecule has 0 saturated carbocycles. The van der Waals surface area contributed by atoms with Gasteiger partial charge in [-0.25, -0.2) is 9.59 Å². The van der Waals surface area contributed by atoms with Crippen LogP contribution in [0.4, 0.5) is 4.79 Å². The lowest BCUT2D eigenvalue weighted by Gasteiger charge is -2.01. The van der Waals surface area contributed by atoms with E-state index in [2.05, 4.69) is 27.6 Å². The maximum Gasteiger partial charge on any atom is 0.422 e. The average Bonchev–Trinajstić information content (AvgIpc) is 2.53. The summed E-state index contributed by atoms with van der Waals surface area (Å²) in [5.41, 5.74) is 0.685. The highest BCUT2D eigenvalue weighted by Gasteiger charge is 2.14. The van der Waals surface area contributed by atoms with Crippen molar-refractivity contribution in [3.8, 4) is 0 Å². The molecule has 1 aromatic carbocycles. The quantitative estimate of drug-likeness (QED) is 0.812. The van der Waals surface area contributed by atoms with Crippen LogP contribution in [0.2, 0.25) is 0 Å². The van der Waals surface area contributed by atoms with E-state index in [0.29, 0.717) is 11.0 Å². The van der Waals surface area contributed by atoms with Gasteiger partial charge in [0.1, 0.15) is 0 Å². The Morgan fingerprint density at radius 1 is 1.56 bits per heavy atom. The molecule has 2 rings (SSSR count). The molecule has 1 N–H and O–H groups in total. The van der Waals surface area contributed by atoms with Crippen molar-refractivity contribution in [3.05, 3.63) is 32.3 Å². The van der Waals surface area contributed by atoms with Crippen LogP contribution < -0.4 is 5.69 Å². The first-order chi connectivity index (χ1) is 7.63. The average molecular weight is 332 g/mol. The van der Waals surface area contributed by atoms with Crippen LogP contribution in [0.25, 0.3) is 11.0 Å². The number of aromatic amines is 1. The van der Waals surface area contributed by atoms with Crippen molar-refractivity contribution in [2.45, 2.75) is 6.92 Å². The van der Waals surface area contributed by atoms with Crippen molar-refractivity contribution < 1.29 is 9.53 Å². The van der Waals surface area contributed by atoms with E-state index in [0.717, 1.165) is 8.14 Å². The van der Waals surface area contributed by atoms with Crippen molar-refractivity contribution in [2.24, 2.45) is 0 Å². The van der Waals surface area contributed by atoms with Crippen LogP contribution in [0.1, 0.15) is 6.92 Å². The number of benzene rings is 1. The van der Waals surface area contributed by atoms with Gasteiger partial charge in [0.15, 0.2) is 0 Å². The van der Waals surface area contributed by atoms with Crippen LogP contribution >= 0.6 is 22.6 Å². The van der Waals surface area contributed by atoms with Crippen molar-refractivity contribution in [1.82, 2.24) is 9.55 Å². The van der Waals surface area contributed by atoms with Crippen molar-refractivity contribution in [3.63, 3.8) is 0 Å². The maximum atomic E-state index is 11.6. The maximum absolute atomic E-state index is 11.6. The topological polar surface area (TPSA) is 64.1 Å². The number of hydrogen-bond acceptors (Lipinski definition) is 3. The van der Waals surface area contributed by atoms with Gasteiger partial charge in [-0.3, -0.25) is 0 Å². The zero-order valence-electron chi connectivity index (χ0n) is 8.49. The summed E-state index contributed by atoms with van der Waals surface area (Å²) in [6.07, 6.45) is -0.652. The highest BCUT2D eigenvalue weighted by molar-refractivity contribution is 14.1. The molecular weight excluding hydrogens is 323 g/mol. The lowest BCUT2D eigenvalue weighted by molar-refractivity contribution is 0.154. The molecule has 0 amide bonds. The molecule has 16 heavy (non-hydrogen) atoms. The number of rotatable bonds is 1. The van der Waals surface area contributed by atoms with Gasteiger partial charge in [0, 0.05) is 3.57 Å². The van der Waals surface area contributed by atoms with E-state index in [1.54, 1.807) is 19.1 Å². The molecule has 0 atom stereocenters. The summed E-state index contributed by atoms with van der Waals surface area (Å²) in [7, 11) is 0. The summed E-state index contributed by atoms with van der Waals surface area (Å²) in [5, 5.41) is 0. The Morgan fingerprint density at radius 2 is 2.31 bits per heavy atom. The Kier molecular flexibility index (Phi) is 2.99. The first kappa shape index (κ1) is 11.2. The number of nitrogens with one attached hydrogen (secondary N) is 1. The molecule has 1 heterocycles. The van der Waals surface area contributed by atoms with Crippen LogP contribution in [0.15, 0.2) is 23.0 Å².